The Morgan fingerprint density at radius 1 is 1.27 bits per heavy atom. The van der Waals surface area contributed by atoms with Crippen LogP contribution in [0.4, 0.5) is 0 Å². The van der Waals surface area contributed by atoms with Gasteiger partial charge < -0.3 is 9.73 Å². The van der Waals surface area contributed by atoms with E-state index in [4.69, 9.17) is 16.0 Å². The fraction of sp³-hybridized carbons (Fsp3) is 0.353. The predicted molar refractivity (Wildman–Crippen MR) is 88.8 cm³/mol. The Kier molecular flexibility index (Phi) is 5.63. The van der Waals surface area contributed by atoms with Crippen molar-refractivity contribution in [2.24, 2.45) is 0 Å². The number of hydrogen-bond donors (Lipinski definition) is 1. The molecule has 118 valence electrons. The van der Waals surface area contributed by atoms with Crippen LogP contribution in [-0.4, -0.2) is 30.4 Å². The topological polar surface area (TPSA) is 45.5 Å². The smallest absolute Gasteiger partial charge is 0.237 e. The summed E-state index contributed by atoms with van der Waals surface area (Å²) < 4.78 is 5.85. The number of benzene rings is 1. The van der Waals surface area contributed by atoms with Crippen LogP contribution < -0.4 is 5.32 Å². The fourth-order valence-electron chi connectivity index (χ4n) is 2.14. The van der Waals surface area contributed by atoms with Crippen LogP contribution in [0.5, 0.6) is 0 Å². The molecule has 1 N–H and O–H groups in total. The molecule has 0 saturated carbocycles. The van der Waals surface area contributed by atoms with E-state index in [-0.39, 0.29) is 11.9 Å². The average molecular weight is 321 g/mol. The van der Waals surface area contributed by atoms with Gasteiger partial charge >= 0.3 is 0 Å². The second kappa shape index (κ2) is 7.47. The molecule has 2 rings (SSSR count). The Morgan fingerprint density at radius 2 is 1.95 bits per heavy atom. The lowest BCUT2D eigenvalue weighted by atomic mass is 10.2. The van der Waals surface area contributed by atoms with Crippen molar-refractivity contribution >= 4 is 17.5 Å². The number of carbonyl (C=O) groups is 1. The van der Waals surface area contributed by atoms with Crippen molar-refractivity contribution in [3.63, 3.8) is 0 Å². The molecule has 0 aliphatic heterocycles. The highest BCUT2D eigenvalue weighted by atomic mass is 35.5. The highest BCUT2D eigenvalue weighted by molar-refractivity contribution is 6.30. The van der Waals surface area contributed by atoms with E-state index in [2.05, 4.69) is 5.32 Å². The minimum absolute atomic E-state index is 0.0227. The number of furan rings is 1. The third-order valence-corrected chi connectivity index (χ3v) is 3.84. The maximum Gasteiger partial charge on any atom is 0.237 e. The number of rotatable bonds is 6. The molecule has 0 unspecified atom stereocenters. The summed E-state index contributed by atoms with van der Waals surface area (Å²) in [5, 5.41) is 3.52. The number of halogens is 1. The first-order chi connectivity index (χ1) is 10.5. The first kappa shape index (κ1) is 16.6. The van der Waals surface area contributed by atoms with Crippen LogP contribution in [0.15, 0.2) is 40.8 Å². The standard InChI is InChI=1S/C17H21ClN2O2/c1-4-19-17(21)12(2)20(3)11-15-9-10-16(22-15)13-5-7-14(18)8-6-13/h5-10,12H,4,11H2,1-3H3,(H,19,21)/t12-/m0/s1. The lowest BCUT2D eigenvalue weighted by Crippen LogP contribution is -2.42. The molecule has 0 fully saturated rings. The van der Waals surface area contributed by atoms with Gasteiger partial charge in [0.2, 0.25) is 5.91 Å². The minimum Gasteiger partial charge on any atom is -0.460 e. The van der Waals surface area contributed by atoms with E-state index in [1.54, 1.807) is 0 Å². The van der Waals surface area contributed by atoms with Gasteiger partial charge in [0.05, 0.1) is 12.6 Å². The third kappa shape index (κ3) is 4.12. The van der Waals surface area contributed by atoms with Gasteiger partial charge in [-0.1, -0.05) is 11.6 Å². The molecule has 0 radical (unpaired) electrons. The van der Waals surface area contributed by atoms with E-state index in [1.807, 2.05) is 62.2 Å². The number of carbonyl (C=O) groups excluding carboxylic acids is 1. The monoisotopic (exact) mass is 320 g/mol. The van der Waals surface area contributed by atoms with E-state index >= 15 is 0 Å². The Bertz CT molecular complexity index is 622. The fourth-order valence-corrected chi connectivity index (χ4v) is 2.26. The predicted octanol–water partition coefficient (Wildman–Crippen LogP) is 3.56. The SMILES string of the molecule is CCNC(=O)[C@H](C)N(C)Cc1ccc(-c2ccc(Cl)cc2)o1. The van der Waals surface area contributed by atoms with Crippen LogP contribution in [0.2, 0.25) is 5.02 Å². The second-order valence-electron chi connectivity index (χ2n) is 5.26. The summed E-state index contributed by atoms with van der Waals surface area (Å²) in [5.41, 5.74) is 0.982. The van der Waals surface area contributed by atoms with Gasteiger partial charge in [-0.25, -0.2) is 0 Å². The van der Waals surface area contributed by atoms with Crippen molar-refractivity contribution in [2.45, 2.75) is 26.4 Å². The molecule has 1 aromatic heterocycles. The molecule has 0 spiro atoms. The maximum absolute atomic E-state index is 11.8. The van der Waals surface area contributed by atoms with Crippen molar-refractivity contribution in [1.82, 2.24) is 10.2 Å². The minimum atomic E-state index is -0.205. The Hall–Kier alpha value is -1.78. The number of likely N-dealkylation sites (N-methyl/N-ethyl adjacent to an activating group) is 2. The zero-order valence-corrected chi connectivity index (χ0v) is 13.9. The summed E-state index contributed by atoms with van der Waals surface area (Å²) >= 11 is 5.89. The van der Waals surface area contributed by atoms with Crippen molar-refractivity contribution in [2.75, 3.05) is 13.6 Å². The van der Waals surface area contributed by atoms with Crippen molar-refractivity contribution in [3.8, 4) is 11.3 Å². The van der Waals surface area contributed by atoms with Crippen LogP contribution in [0, 0.1) is 0 Å². The largest absolute Gasteiger partial charge is 0.460 e. The van der Waals surface area contributed by atoms with Crippen molar-refractivity contribution in [1.29, 1.82) is 0 Å². The molecule has 0 aliphatic carbocycles. The second-order valence-corrected chi connectivity index (χ2v) is 5.69. The van der Waals surface area contributed by atoms with Crippen LogP contribution >= 0.6 is 11.6 Å². The molecule has 1 atom stereocenters. The Labute approximate surface area is 136 Å². The molecule has 1 amide bonds. The van der Waals surface area contributed by atoms with Gasteiger partial charge in [-0.05, 0) is 57.3 Å². The van der Waals surface area contributed by atoms with Crippen LogP contribution in [-0.2, 0) is 11.3 Å². The molecular weight excluding hydrogens is 300 g/mol. The molecule has 2 aromatic rings. The molecular formula is C17H21ClN2O2. The van der Waals surface area contributed by atoms with Gasteiger partial charge in [-0.15, -0.1) is 0 Å². The molecule has 5 heteroatoms. The quantitative estimate of drug-likeness (QED) is 0.885. The number of hydrogen-bond acceptors (Lipinski definition) is 3. The number of nitrogens with one attached hydrogen (secondary N) is 1. The lowest BCUT2D eigenvalue weighted by molar-refractivity contribution is -0.125. The van der Waals surface area contributed by atoms with Crippen LogP contribution in [0.3, 0.4) is 0 Å². The average Bonchev–Trinajstić information content (AvgIpc) is 2.95. The zero-order valence-electron chi connectivity index (χ0n) is 13.1. The van der Waals surface area contributed by atoms with Crippen LogP contribution in [0.25, 0.3) is 11.3 Å². The molecule has 0 aliphatic rings. The van der Waals surface area contributed by atoms with Gasteiger partial charge in [-0.2, -0.15) is 0 Å². The van der Waals surface area contributed by atoms with Crippen molar-refractivity contribution in [3.05, 3.63) is 47.2 Å². The van der Waals surface area contributed by atoms with Crippen molar-refractivity contribution < 1.29 is 9.21 Å². The summed E-state index contributed by atoms with van der Waals surface area (Å²) in [7, 11) is 1.91. The highest BCUT2D eigenvalue weighted by Crippen LogP contribution is 2.24. The summed E-state index contributed by atoms with van der Waals surface area (Å²) in [4.78, 5) is 13.8. The molecule has 1 heterocycles. The lowest BCUT2D eigenvalue weighted by Gasteiger charge is -2.22. The third-order valence-electron chi connectivity index (χ3n) is 3.59. The van der Waals surface area contributed by atoms with E-state index in [9.17, 15) is 4.79 Å². The van der Waals surface area contributed by atoms with E-state index in [0.29, 0.717) is 18.1 Å². The van der Waals surface area contributed by atoms with E-state index in [0.717, 1.165) is 17.1 Å². The van der Waals surface area contributed by atoms with Gasteiger partial charge in [-0.3, -0.25) is 9.69 Å². The Morgan fingerprint density at radius 3 is 2.59 bits per heavy atom. The van der Waals surface area contributed by atoms with E-state index in [1.165, 1.54) is 0 Å². The maximum atomic E-state index is 11.8. The number of nitrogens with zero attached hydrogens (tertiary/aromatic N) is 1. The summed E-state index contributed by atoms with van der Waals surface area (Å²) in [6, 6.07) is 11.2. The highest BCUT2D eigenvalue weighted by Gasteiger charge is 2.18. The summed E-state index contributed by atoms with van der Waals surface area (Å²) in [6.07, 6.45) is 0. The molecule has 0 saturated heterocycles. The van der Waals surface area contributed by atoms with Crippen LogP contribution in [0.1, 0.15) is 19.6 Å². The van der Waals surface area contributed by atoms with Gasteiger partial charge in [0.15, 0.2) is 0 Å². The first-order valence-corrected chi connectivity index (χ1v) is 7.71. The number of amides is 1. The zero-order chi connectivity index (χ0) is 16.1. The summed E-state index contributed by atoms with van der Waals surface area (Å²) in [5.74, 6) is 1.64. The molecule has 4 nitrogen and oxygen atoms in total. The molecule has 22 heavy (non-hydrogen) atoms. The molecule has 0 bridgehead atoms. The van der Waals surface area contributed by atoms with Gasteiger partial charge in [0, 0.05) is 17.1 Å². The normalized spacial score (nSPS) is 12.4. The Balaban J connectivity index is 2.02. The molecule has 1 aromatic carbocycles. The summed E-state index contributed by atoms with van der Waals surface area (Å²) in [6.45, 7) is 5.01. The van der Waals surface area contributed by atoms with Gasteiger partial charge in [0.25, 0.3) is 0 Å². The van der Waals surface area contributed by atoms with Gasteiger partial charge in [0.1, 0.15) is 11.5 Å². The van der Waals surface area contributed by atoms with E-state index < -0.39 is 0 Å². The first-order valence-electron chi connectivity index (χ1n) is 7.34.